The highest BCUT2D eigenvalue weighted by Crippen LogP contribution is 2.28. The molecule has 0 radical (unpaired) electrons. The highest BCUT2D eigenvalue weighted by Gasteiger charge is 2.10. The number of hydrogen-bond donors (Lipinski definition) is 0. The van der Waals surface area contributed by atoms with Gasteiger partial charge in [0.25, 0.3) is 0 Å². The molecule has 0 amide bonds. The van der Waals surface area contributed by atoms with E-state index < -0.39 is 5.82 Å². The average molecular weight is 411 g/mol. The van der Waals surface area contributed by atoms with Gasteiger partial charge in [-0.05, 0) is 70.7 Å². The third kappa shape index (κ3) is 4.49. The molecule has 0 aliphatic carbocycles. The fraction of sp³-hybridized carbons (Fsp3) is 0.179. The SMILES string of the molecule is CCCc1ccc(-c2ccc3c(F)c(CCc4ccc(C#N)c(F)c4)ccc3c2)cc1. The first-order valence-corrected chi connectivity index (χ1v) is 10.6. The molecule has 0 N–H and O–H groups in total. The standard InChI is InChI=1S/C28H23F2N/c1-2-3-19-4-8-21(9-5-19)23-14-15-26-24(17-23)13-12-22(28(26)30)10-6-20-7-11-25(18-31)27(29)16-20/h4-5,7-9,11-17H,2-3,6,10H2,1H3. The van der Waals surface area contributed by atoms with Gasteiger partial charge < -0.3 is 0 Å². The lowest BCUT2D eigenvalue weighted by atomic mass is 9.96. The molecule has 0 atom stereocenters. The van der Waals surface area contributed by atoms with Gasteiger partial charge in [0.15, 0.2) is 0 Å². The summed E-state index contributed by atoms with van der Waals surface area (Å²) >= 11 is 0. The van der Waals surface area contributed by atoms with E-state index in [2.05, 4.69) is 31.2 Å². The first kappa shape index (κ1) is 20.8. The van der Waals surface area contributed by atoms with Crippen molar-refractivity contribution >= 4 is 10.8 Å². The number of benzene rings is 4. The number of halogens is 2. The van der Waals surface area contributed by atoms with Crippen LogP contribution < -0.4 is 0 Å². The lowest BCUT2D eigenvalue weighted by Crippen LogP contribution is -1.97. The summed E-state index contributed by atoms with van der Waals surface area (Å²) in [4.78, 5) is 0. The molecular weight excluding hydrogens is 388 g/mol. The van der Waals surface area contributed by atoms with E-state index in [4.69, 9.17) is 5.26 Å². The van der Waals surface area contributed by atoms with Crippen molar-refractivity contribution < 1.29 is 8.78 Å². The van der Waals surface area contributed by atoms with Crippen molar-refractivity contribution in [2.75, 3.05) is 0 Å². The molecule has 0 heterocycles. The fourth-order valence-corrected chi connectivity index (χ4v) is 3.95. The predicted octanol–water partition coefficient (Wildman–Crippen LogP) is 7.39. The summed E-state index contributed by atoms with van der Waals surface area (Å²) in [5, 5.41) is 10.3. The quantitative estimate of drug-likeness (QED) is 0.324. The maximum atomic E-state index is 15.1. The van der Waals surface area contributed by atoms with Crippen LogP contribution in [0, 0.1) is 23.0 Å². The molecule has 0 saturated carbocycles. The van der Waals surface area contributed by atoms with Crippen molar-refractivity contribution in [1.82, 2.24) is 0 Å². The Morgan fingerprint density at radius 2 is 1.48 bits per heavy atom. The van der Waals surface area contributed by atoms with Gasteiger partial charge in [0.1, 0.15) is 17.7 Å². The lowest BCUT2D eigenvalue weighted by molar-refractivity contribution is 0.616. The molecule has 154 valence electrons. The van der Waals surface area contributed by atoms with Gasteiger partial charge in [-0.3, -0.25) is 0 Å². The van der Waals surface area contributed by atoms with Crippen LogP contribution in [0.15, 0.2) is 72.8 Å². The summed E-state index contributed by atoms with van der Waals surface area (Å²) in [5.41, 5.74) is 4.89. The Morgan fingerprint density at radius 3 is 2.19 bits per heavy atom. The summed E-state index contributed by atoms with van der Waals surface area (Å²) in [6, 6.07) is 24.5. The minimum Gasteiger partial charge on any atom is -0.206 e. The average Bonchev–Trinajstić information content (AvgIpc) is 2.79. The number of rotatable bonds is 6. The van der Waals surface area contributed by atoms with E-state index in [9.17, 15) is 4.39 Å². The third-order valence-electron chi connectivity index (χ3n) is 5.70. The van der Waals surface area contributed by atoms with Crippen LogP contribution in [0.3, 0.4) is 0 Å². The Hall–Kier alpha value is -3.51. The van der Waals surface area contributed by atoms with Crippen LogP contribution in [-0.4, -0.2) is 0 Å². The number of nitriles is 1. The molecule has 0 aliphatic rings. The van der Waals surface area contributed by atoms with Crippen molar-refractivity contribution in [1.29, 1.82) is 5.26 Å². The second kappa shape index (κ2) is 9.10. The molecule has 31 heavy (non-hydrogen) atoms. The van der Waals surface area contributed by atoms with E-state index in [1.54, 1.807) is 6.07 Å². The van der Waals surface area contributed by atoms with E-state index in [1.807, 2.05) is 36.4 Å². The van der Waals surface area contributed by atoms with Crippen molar-refractivity contribution in [2.45, 2.75) is 32.6 Å². The Labute approximate surface area is 181 Å². The molecule has 0 aromatic heterocycles. The van der Waals surface area contributed by atoms with E-state index in [0.29, 0.717) is 23.8 Å². The van der Waals surface area contributed by atoms with E-state index in [0.717, 1.165) is 34.9 Å². The Bertz CT molecular complexity index is 1270. The van der Waals surface area contributed by atoms with E-state index in [-0.39, 0.29) is 11.4 Å². The van der Waals surface area contributed by atoms with Gasteiger partial charge in [-0.1, -0.05) is 67.9 Å². The molecule has 0 fully saturated rings. The highest BCUT2D eigenvalue weighted by molar-refractivity contribution is 5.88. The van der Waals surface area contributed by atoms with Crippen LogP contribution >= 0.6 is 0 Å². The summed E-state index contributed by atoms with van der Waals surface area (Å²) in [7, 11) is 0. The Morgan fingerprint density at radius 1 is 0.742 bits per heavy atom. The number of hydrogen-bond acceptors (Lipinski definition) is 1. The van der Waals surface area contributed by atoms with Gasteiger partial charge in [-0.2, -0.15) is 5.26 Å². The second-order valence-corrected chi connectivity index (χ2v) is 7.85. The first-order valence-electron chi connectivity index (χ1n) is 10.6. The smallest absolute Gasteiger partial charge is 0.141 e. The Kier molecular flexibility index (Phi) is 6.09. The number of nitrogens with zero attached hydrogens (tertiary/aromatic N) is 1. The molecule has 4 rings (SSSR count). The molecule has 0 aliphatic heterocycles. The zero-order chi connectivity index (χ0) is 21.8. The van der Waals surface area contributed by atoms with Gasteiger partial charge in [0.2, 0.25) is 0 Å². The van der Waals surface area contributed by atoms with Crippen molar-refractivity contribution in [3.05, 3.63) is 107 Å². The van der Waals surface area contributed by atoms with E-state index in [1.165, 1.54) is 17.7 Å². The maximum absolute atomic E-state index is 15.1. The molecule has 3 heteroatoms. The van der Waals surface area contributed by atoms with Crippen LogP contribution in [-0.2, 0) is 19.3 Å². The lowest BCUT2D eigenvalue weighted by Gasteiger charge is -2.10. The van der Waals surface area contributed by atoms with E-state index >= 15 is 4.39 Å². The largest absolute Gasteiger partial charge is 0.206 e. The van der Waals surface area contributed by atoms with Gasteiger partial charge in [0, 0.05) is 5.39 Å². The van der Waals surface area contributed by atoms with Gasteiger partial charge in [0.05, 0.1) is 5.56 Å². The number of aryl methyl sites for hydroxylation is 3. The van der Waals surface area contributed by atoms with Crippen LogP contribution in [0.5, 0.6) is 0 Å². The van der Waals surface area contributed by atoms with Crippen LogP contribution in [0.1, 0.15) is 35.6 Å². The maximum Gasteiger partial charge on any atom is 0.141 e. The van der Waals surface area contributed by atoms with Crippen LogP contribution in [0.2, 0.25) is 0 Å². The molecule has 0 bridgehead atoms. The fourth-order valence-electron chi connectivity index (χ4n) is 3.95. The molecule has 4 aromatic carbocycles. The van der Waals surface area contributed by atoms with Gasteiger partial charge in [-0.15, -0.1) is 0 Å². The molecule has 1 nitrogen and oxygen atoms in total. The Balaban J connectivity index is 1.56. The summed E-state index contributed by atoms with van der Waals surface area (Å²) < 4.78 is 28.9. The minimum absolute atomic E-state index is 0.0245. The highest BCUT2D eigenvalue weighted by atomic mass is 19.1. The summed E-state index contributed by atoms with van der Waals surface area (Å²) in [6.07, 6.45) is 3.17. The monoisotopic (exact) mass is 411 g/mol. The topological polar surface area (TPSA) is 23.8 Å². The van der Waals surface area contributed by atoms with Crippen molar-refractivity contribution in [3.63, 3.8) is 0 Å². The molecule has 0 saturated heterocycles. The molecule has 4 aromatic rings. The third-order valence-corrected chi connectivity index (χ3v) is 5.70. The van der Waals surface area contributed by atoms with Crippen LogP contribution in [0.25, 0.3) is 21.9 Å². The summed E-state index contributed by atoms with van der Waals surface area (Å²) in [6.45, 7) is 2.17. The first-order chi connectivity index (χ1) is 15.1. The van der Waals surface area contributed by atoms with Crippen LogP contribution in [0.4, 0.5) is 8.78 Å². The predicted molar refractivity (Wildman–Crippen MR) is 122 cm³/mol. The number of fused-ring (bicyclic) bond motifs is 1. The zero-order valence-corrected chi connectivity index (χ0v) is 17.5. The summed E-state index contributed by atoms with van der Waals surface area (Å²) in [5.74, 6) is -0.759. The zero-order valence-electron chi connectivity index (χ0n) is 17.5. The van der Waals surface area contributed by atoms with Crippen molar-refractivity contribution in [3.8, 4) is 17.2 Å². The van der Waals surface area contributed by atoms with Gasteiger partial charge in [-0.25, -0.2) is 8.78 Å². The molecule has 0 spiro atoms. The molecule has 0 unspecified atom stereocenters. The van der Waals surface area contributed by atoms with Crippen molar-refractivity contribution in [2.24, 2.45) is 0 Å². The molecular formula is C28H23F2N. The normalized spacial score (nSPS) is 10.9. The minimum atomic E-state index is -0.533. The second-order valence-electron chi connectivity index (χ2n) is 7.85. The van der Waals surface area contributed by atoms with Gasteiger partial charge >= 0.3 is 0 Å².